The van der Waals surface area contributed by atoms with Crippen LogP contribution in [0.2, 0.25) is 0 Å². The van der Waals surface area contributed by atoms with Gasteiger partial charge in [-0.3, -0.25) is 4.55 Å². The Morgan fingerprint density at radius 3 is 1.73 bits per heavy atom. The van der Waals surface area contributed by atoms with Crippen molar-refractivity contribution in [1.29, 1.82) is 0 Å². The molecule has 0 fully saturated rings. The predicted molar refractivity (Wildman–Crippen MR) is 55.9 cm³/mol. The fourth-order valence-corrected chi connectivity index (χ4v) is 4.76. The molecule has 86 valence electrons. The van der Waals surface area contributed by atoms with Crippen molar-refractivity contribution >= 4 is 41.8 Å². The third kappa shape index (κ3) is 18.1. The van der Waals surface area contributed by atoms with Crippen LogP contribution in [0.1, 0.15) is 0 Å². The summed E-state index contributed by atoms with van der Waals surface area (Å²) >= 11 is 0. The number of hydrogen-bond acceptors (Lipinski definition) is 7. The molecule has 0 aromatic heterocycles. The molecule has 15 heavy (non-hydrogen) atoms. The van der Waals surface area contributed by atoms with Gasteiger partial charge in [0, 0.05) is 17.3 Å². The summed E-state index contributed by atoms with van der Waals surface area (Å²) < 4.78 is 59.1. The van der Waals surface area contributed by atoms with Gasteiger partial charge in [0.1, 0.15) is 0 Å². The van der Waals surface area contributed by atoms with Crippen LogP contribution in [0.4, 0.5) is 0 Å². The summed E-state index contributed by atoms with van der Waals surface area (Å²) in [5.74, 6) is -0.588. The van der Waals surface area contributed by atoms with Crippen molar-refractivity contribution in [3.63, 3.8) is 0 Å². The summed E-state index contributed by atoms with van der Waals surface area (Å²) in [6, 6.07) is 0. The third-order valence-electron chi connectivity index (χ3n) is 0.925. The van der Waals surface area contributed by atoms with Gasteiger partial charge in [0.2, 0.25) is 0 Å². The largest absolute Gasteiger partial charge is 1.00 e. The van der Waals surface area contributed by atoms with Crippen LogP contribution < -0.4 is 29.6 Å². The molecule has 6 nitrogen and oxygen atoms in total. The van der Waals surface area contributed by atoms with Gasteiger partial charge in [0.25, 0.3) is 10.1 Å². The van der Waals surface area contributed by atoms with Gasteiger partial charge in [-0.25, -0.2) is 8.42 Å². The zero-order chi connectivity index (χ0) is 11.2. The standard InChI is InChI=1S/C4H10O6S4.Na/c5-13(6,7)3-1-11-12-2-4-14(8,9)10;/h1-4H2,(H,5,6,7)(H,8,9,10);/q;+1/p-1. The van der Waals surface area contributed by atoms with Gasteiger partial charge in [-0.1, -0.05) is 21.6 Å². The van der Waals surface area contributed by atoms with Crippen molar-refractivity contribution in [2.24, 2.45) is 0 Å². The molecule has 11 heteroatoms. The van der Waals surface area contributed by atoms with Crippen molar-refractivity contribution in [3.8, 4) is 0 Å². The Balaban J connectivity index is 0. The molecule has 0 aliphatic carbocycles. The summed E-state index contributed by atoms with van der Waals surface area (Å²) in [4.78, 5) is 0. The molecule has 0 saturated carbocycles. The smallest absolute Gasteiger partial charge is 0.748 e. The van der Waals surface area contributed by atoms with Gasteiger partial charge < -0.3 is 4.55 Å². The summed E-state index contributed by atoms with van der Waals surface area (Å²) in [6.45, 7) is 0. The second-order valence-electron chi connectivity index (χ2n) is 2.19. The molecule has 0 unspecified atom stereocenters. The third-order valence-corrected chi connectivity index (χ3v) is 5.27. The molecule has 0 aromatic carbocycles. The van der Waals surface area contributed by atoms with Crippen molar-refractivity contribution in [2.45, 2.75) is 0 Å². The Kier molecular flexibility index (Phi) is 10.8. The van der Waals surface area contributed by atoms with Crippen molar-refractivity contribution in [2.75, 3.05) is 23.0 Å². The second kappa shape index (κ2) is 8.59. The maximum atomic E-state index is 10.2. The van der Waals surface area contributed by atoms with E-state index in [0.717, 1.165) is 21.6 Å². The topological polar surface area (TPSA) is 112 Å². The van der Waals surface area contributed by atoms with E-state index in [-0.39, 0.29) is 46.8 Å². The van der Waals surface area contributed by atoms with Gasteiger partial charge >= 0.3 is 29.6 Å². The molecule has 0 spiro atoms. The Hall–Kier alpha value is 1.52. The van der Waals surface area contributed by atoms with Gasteiger partial charge in [-0.05, 0) is 0 Å². The Morgan fingerprint density at radius 1 is 1.00 bits per heavy atom. The molecule has 0 aliphatic rings. The van der Waals surface area contributed by atoms with Crippen molar-refractivity contribution in [3.05, 3.63) is 0 Å². The van der Waals surface area contributed by atoms with Crippen molar-refractivity contribution < 1.29 is 55.5 Å². The molecule has 0 heterocycles. The molecule has 0 aromatic rings. The van der Waals surface area contributed by atoms with Crippen LogP contribution in [0.5, 0.6) is 0 Å². The van der Waals surface area contributed by atoms with E-state index in [4.69, 9.17) is 4.55 Å². The van der Waals surface area contributed by atoms with Crippen LogP contribution >= 0.6 is 21.6 Å². The Labute approximate surface area is 119 Å². The second-order valence-corrected chi connectivity index (χ2v) is 7.99. The molecular formula is C4H9NaO6S4. The van der Waals surface area contributed by atoms with E-state index in [0.29, 0.717) is 0 Å². The van der Waals surface area contributed by atoms with E-state index in [9.17, 15) is 21.4 Å². The van der Waals surface area contributed by atoms with E-state index >= 15 is 0 Å². The van der Waals surface area contributed by atoms with Gasteiger partial charge in [0.15, 0.2) is 0 Å². The Bertz CT molecular complexity index is 311. The minimum Gasteiger partial charge on any atom is -0.748 e. The molecule has 0 rings (SSSR count). The first-order valence-corrected chi connectivity index (χ1v) is 9.01. The van der Waals surface area contributed by atoms with Gasteiger partial charge in [-0.2, -0.15) is 8.42 Å². The van der Waals surface area contributed by atoms with E-state index in [1.54, 1.807) is 0 Å². The summed E-state index contributed by atoms with van der Waals surface area (Å²) in [5.41, 5.74) is 0. The first-order chi connectivity index (χ1) is 6.21. The van der Waals surface area contributed by atoms with Crippen LogP contribution in [-0.4, -0.2) is 49.0 Å². The number of rotatable bonds is 7. The first kappa shape index (κ1) is 18.9. The minimum absolute atomic E-state index is 0. The van der Waals surface area contributed by atoms with Crippen molar-refractivity contribution in [1.82, 2.24) is 0 Å². The molecule has 1 N–H and O–H groups in total. The maximum Gasteiger partial charge on any atom is 1.00 e. The van der Waals surface area contributed by atoms with E-state index in [2.05, 4.69) is 0 Å². The van der Waals surface area contributed by atoms with Crippen LogP contribution in [0.25, 0.3) is 0 Å². The normalized spacial score (nSPS) is 12.1. The monoisotopic (exact) mass is 304 g/mol. The minimum atomic E-state index is -4.19. The Morgan fingerprint density at radius 2 is 1.40 bits per heavy atom. The zero-order valence-electron chi connectivity index (χ0n) is 7.95. The zero-order valence-corrected chi connectivity index (χ0v) is 13.2. The van der Waals surface area contributed by atoms with Crippen LogP contribution in [0, 0.1) is 0 Å². The molecule has 0 bridgehead atoms. The SMILES string of the molecule is O=S(=O)([O-])CCSSCCS(=O)(=O)O.[Na+]. The molecular weight excluding hydrogens is 295 g/mol. The van der Waals surface area contributed by atoms with Crippen LogP contribution in [0.3, 0.4) is 0 Å². The van der Waals surface area contributed by atoms with Gasteiger partial charge in [0.05, 0.1) is 15.9 Å². The maximum absolute atomic E-state index is 10.2. The van der Waals surface area contributed by atoms with Crippen LogP contribution in [-0.2, 0) is 20.2 Å². The molecule has 0 aliphatic heterocycles. The quantitative estimate of drug-likeness (QED) is 0.227. The molecule has 0 saturated heterocycles. The van der Waals surface area contributed by atoms with E-state index < -0.39 is 26.0 Å². The summed E-state index contributed by atoms with van der Waals surface area (Å²) in [7, 11) is -5.97. The fraction of sp³-hybridized carbons (Fsp3) is 1.00. The summed E-state index contributed by atoms with van der Waals surface area (Å²) in [6.07, 6.45) is 0. The predicted octanol–water partition coefficient (Wildman–Crippen LogP) is -3.20. The summed E-state index contributed by atoms with van der Waals surface area (Å²) in [5, 5.41) is 0. The molecule has 0 amide bonds. The van der Waals surface area contributed by atoms with E-state index in [1.807, 2.05) is 0 Å². The molecule has 0 radical (unpaired) electrons. The van der Waals surface area contributed by atoms with Gasteiger partial charge in [-0.15, -0.1) is 0 Å². The average molecular weight is 304 g/mol. The average Bonchev–Trinajstić information content (AvgIpc) is 1.92. The fourth-order valence-electron chi connectivity index (χ4n) is 0.393. The molecule has 0 atom stereocenters. The van der Waals surface area contributed by atoms with Crippen LogP contribution in [0.15, 0.2) is 0 Å². The number of hydrogen-bond donors (Lipinski definition) is 1. The first-order valence-electron chi connectivity index (χ1n) is 3.34. The van der Waals surface area contributed by atoms with E-state index in [1.165, 1.54) is 0 Å².